The average Bonchev–Trinajstić information content (AvgIpc) is 3.60. The summed E-state index contributed by atoms with van der Waals surface area (Å²) in [5.41, 5.74) is 0.956. The lowest BCUT2D eigenvalue weighted by Crippen LogP contribution is -2.62. The number of rotatable bonds is 2. The van der Waals surface area contributed by atoms with Crippen LogP contribution in [0.25, 0.3) is 10.8 Å². The molecule has 0 amide bonds. The molecule has 38 heavy (non-hydrogen) atoms. The Bertz CT molecular complexity index is 1660. The molecule has 3 aliphatic heterocycles. The Balaban J connectivity index is 1.50. The Morgan fingerprint density at radius 1 is 0.895 bits per heavy atom. The quantitative estimate of drug-likeness (QED) is 0.349. The van der Waals surface area contributed by atoms with Crippen molar-refractivity contribution in [1.82, 2.24) is 4.90 Å². The zero-order valence-corrected chi connectivity index (χ0v) is 21.1. The third-order valence-corrected chi connectivity index (χ3v) is 9.61. The van der Waals surface area contributed by atoms with Gasteiger partial charge < -0.3 is 9.47 Å². The minimum atomic E-state index is -1.14. The summed E-state index contributed by atoms with van der Waals surface area (Å²) in [6.07, 6.45) is 1.92. The minimum absolute atomic E-state index is 0.0259. The summed E-state index contributed by atoms with van der Waals surface area (Å²) < 4.78 is 12.0. The Kier molecular flexibility index (Phi) is 4.38. The number of ether oxygens (including phenoxy) is 2. The first-order valence-corrected chi connectivity index (χ1v) is 13.4. The van der Waals surface area contributed by atoms with E-state index < -0.39 is 11.0 Å². The number of Topliss-reactive ketones (excluding diaryl/α,β-unsaturated/α-hetero) is 2. The van der Waals surface area contributed by atoms with E-state index in [4.69, 9.17) is 9.47 Å². The number of hydrogen-bond acceptors (Lipinski definition) is 5. The number of ketones is 2. The van der Waals surface area contributed by atoms with E-state index in [2.05, 4.69) is 35.2 Å². The van der Waals surface area contributed by atoms with Gasteiger partial charge >= 0.3 is 0 Å². The van der Waals surface area contributed by atoms with E-state index in [1.54, 1.807) is 13.2 Å². The van der Waals surface area contributed by atoms with Gasteiger partial charge in [-0.3, -0.25) is 14.5 Å². The molecule has 0 radical (unpaired) electrons. The van der Waals surface area contributed by atoms with Gasteiger partial charge in [0, 0.05) is 17.5 Å². The van der Waals surface area contributed by atoms with Crippen molar-refractivity contribution in [1.29, 1.82) is 0 Å². The third kappa shape index (κ3) is 2.37. The summed E-state index contributed by atoms with van der Waals surface area (Å²) in [7, 11) is 1.60. The molecule has 4 aromatic carbocycles. The minimum Gasteiger partial charge on any atom is -0.497 e. The predicted octanol–water partition coefficient (Wildman–Crippen LogP) is 5.76. The third-order valence-electron chi connectivity index (χ3n) is 9.61. The zero-order valence-electron chi connectivity index (χ0n) is 21.1. The van der Waals surface area contributed by atoms with Crippen LogP contribution in [-0.2, 0) is 5.54 Å². The molecule has 0 aromatic heterocycles. The average molecular weight is 502 g/mol. The summed E-state index contributed by atoms with van der Waals surface area (Å²) >= 11 is 0. The topological polar surface area (TPSA) is 55.8 Å². The van der Waals surface area contributed by atoms with Crippen molar-refractivity contribution in [2.24, 2.45) is 5.41 Å². The molecule has 1 aliphatic carbocycles. The molecule has 8 rings (SSSR count). The summed E-state index contributed by atoms with van der Waals surface area (Å²) in [5, 5.41) is 2.01. The number of methoxy groups -OCH3 is 1. The molecule has 5 nitrogen and oxygen atoms in total. The number of benzene rings is 4. The first-order chi connectivity index (χ1) is 18.6. The van der Waals surface area contributed by atoms with E-state index >= 15 is 9.59 Å². The van der Waals surface area contributed by atoms with E-state index in [9.17, 15) is 0 Å². The molecule has 0 bridgehead atoms. The molecule has 2 spiro atoms. The number of carbonyl (C=O) groups is 2. The highest BCUT2D eigenvalue weighted by molar-refractivity contribution is 6.24. The Morgan fingerprint density at radius 3 is 2.53 bits per heavy atom. The van der Waals surface area contributed by atoms with Gasteiger partial charge in [-0.1, -0.05) is 66.7 Å². The van der Waals surface area contributed by atoms with Gasteiger partial charge in [-0.15, -0.1) is 0 Å². The largest absolute Gasteiger partial charge is 0.497 e. The zero-order chi connectivity index (χ0) is 25.6. The maximum absolute atomic E-state index is 15.2. The van der Waals surface area contributed by atoms with Gasteiger partial charge in [0.2, 0.25) is 0 Å². The molecule has 0 saturated carbocycles. The molecule has 0 N–H and O–H groups in total. The number of fused-ring (bicyclic) bond motifs is 5. The molecule has 4 aromatic rings. The Hall–Kier alpha value is -3.96. The fraction of sp³-hybridized carbons (Fsp3) is 0.273. The van der Waals surface area contributed by atoms with Crippen LogP contribution in [0.5, 0.6) is 11.5 Å². The summed E-state index contributed by atoms with van der Waals surface area (Å²) in [6, 6.07) is 27.9. The molecule has 4 atom stereocenters. The van der Waals surface area contributed by atoms with E-state index in [1.807, 2.05) is 48.5 Å². The van der Waals surface area contributed by atoms with Gasteiger partial charge in [-0.05, 0) is 59.5 Å². The SMILES string of the molecule is COc1ccc2c(c1)C(=O)[C@@]1(CO2)[C@H](c2ccccc2)C2CCCN2[C@@]12C(=O)c1cccc3cccc2c13. The molecule has 5 heteroatoms. The second-order valence-corrected chi connectivity index (χ2v) is 11.0. The van der Waals surface area contributed by atoms with Crippen molar-refractivity contribution in [2.45, 2.75) is 30.3 Å². The first-order valence-electron chi connectivity index (χ1n) is 13.4. The first kappa shape index (κ1) is 22.1. The van der Waals surface area contributed by atoms with Gasteiger partial charge in [0.05, 0.1) is 12.7 Å². The van der Waals surface area contributed by atoms with E-state index in [1.165, 1.54) is 0 Å². The molecule has 2 fully saturated rings. The highest BCUT2D eigenvalue weighted by atomic mass is 16.5. The van der Waals surface area contributed by atoms with Crippen LogP contribution >= 0.6 is 0 Å². The van der Waals surface area contributed by atoms with Crippen molar-refractivity contribution in [3.63, 3.8) is 0 Å². The van der Waals surface area contributed by atoms with E-state index in [0.29, 0.717) is 22.6 Å². The monoisotopic (exact) mass is 501 g/mol. The van der Waals surface area contributed by atoms with Crippen molar-refractivity contribution < 1.29 is 19.1 Å². The molecule has 188 valence electrons. The summed E-state index contributed by atoms with van der Waals surface area (Å²) in [5.74, 6) is 0.949. The van der Waals surface area contributed by atoms with Gasteiger partial charge in [0.15, 0.2) is 11.6 Å². The lowest BCUT2D eigenvalue weighted by Gasteiger charge is -2.49. The molecular weight excluding hydrogens is 474 g/mol. The predicted molar refractivity (Wildman–Crippen MR) is 144 cm³/mol. The molecular formula is C33H27NO4. The molecule has 1 unspecified atom stereocenters. The van der Waals surface area contributed by atoms with Crippen molar-refractivity contribution in [3.8, 4) is 11.5 Å². The van der Waals surface area contributed by atoms with Crippen LogP contribution in [0.2, 0.25) is 0 Å². The van der Waals surface area contributed by atoms with Crippen LogP contribution in [0.3, 0.4) is 0 Å². The smallest absolute Gasteiger partial charge is 0.189 e. The van der Waals surface area contributed by atoms with Crippen molar-refractivity contribution in [3.05, 3.63) is 107 Å². The van der Waals surface area contributed by atoms with Crippen molar-refractivity contribution in [2.75, 3.05) is 20.3 Å². The van der Waals surface area contributed by atoms with Crippen LogP contribution in [0, 0.1) is 5.41 Å². The van der Waals surface area contributed by atoms with Gasteiger partial charge in [0.1, 0.15) is 29.1 Å². The van der Waals surface area contributed by atoms with Gasteiger partial charge in [0.25, 0.3) is 0 Å². The fourth-order valence-electron chi connectivity index (χ4n) is 8.35. The van der Waals surface area contributed by atoms with Crippen LogP contribution in [0.15, 0.2) is 84.9 Å². The summed E-state index contributed by atoms with van der Waals surface area (Å²) in [6.45, 7) is 0.915. The normalized spacial score (nSPS) is 29.2. The highest BCUT2D eigenvalue weighted by Gasteiger charge is 2.78. The standard InChI is InChI=1S/C33H27NO4/c1-37-22-15-16-27-24(18-22)30(35)32(19-38-27)29(21-8-3-2-4-9-21)26-14-7-17-34(26)33(32)25-13-6-11-20-10-5-12-23(28(20)25)31(33)36/h2-6,8-13,15-16,18,26,29H,7,14,17,19H2,1H3/t26?,29-,32-,33+/m1/s1. The van der Waals surface area contributed by atoms with E-state index in [0.717, 1.165) is 41.3 Å². The Morgan fingerprint density at radius 2 is 1.71 bits per heavy atom. The maximum atomic E-state index is 15.2. The van der Waals surface area contributed by atoms with E-state index in [-0.39, 0.29) is 30.1 Å². The number of nitrogens with zero attached hydrogens (tertiary/aromatic N) is 1. The lowest BCUT2D eigenvalue weighted by atomic mass is 9.55. The highest BCUT2D eigenvalue weighted by Crippen LogP contribution is 2.69. The van der Waals surface area contributed by atoms with Gasteiger partial charge in [-0.25, -0.2) is 0 Å². The van der Waals surface area contributed by atoms with Crippen LogP contribution in [-0.4, -0.2) is 42.8 Å². The molecule has 4 aliphatic rings. The summed E-state index contributed by atoms with van der Waals surface area (Å²) in [4.78, 5) is 32.6. The fourth-order valence-corrected chi connectivity index (χ4v) is 8.35. The Labute approximate surface area is 221 Å². The number of carbonyl (C=O) groups excluding carboxylic acids is 2. The van der Waals surface area contributed by atoms with Crippen LogP contribution in [0.1, 0.15) is 50.6 Å². The van der Waals surface area contributed by atoms with Crippen LogP contribution < -0.4 is 9.47 Å². The van der Waals surface area contributed by atoms with Gasteiger partial charge in [-0.2, -0.15) is 0 Å². The van der Waals surface area contributed by atoms with Crippen molar-refractivity contribution >= 4 is 22.3 Å². The lowest BCUT2D eigenvalue weighted by molar-refractivity contribution is 0.00382. The molecule has 3 heterocycles. The van der Waals surface area contributed by atoms with Crippen LogP contribution in [0.4, 0.5) is 0 Å². The number of hydrogen-bond donors (Lipinski definition) is 0. The molecule has 2 saturated heterocycles. The second kappa shape index (κ2) is 7.55. The maximum Gasteiger partial charge on any atom is 0.189 e. The second-order valence-electron chi connectivity index (χ2n) is 11.0.